The molecule has 1 aliphatic heterocycles. The lowest BCUT2D eigenvalue weighted by atomic mass is 10.0. The molecule has 4 aromatic rings. The Kier molecular flexibility index (Phi) is 4.44. The Bertz CT molecular complexity index is 1290. The maximum Gasteiger partial charge on any atom is 0.255 e. The molecule has 1 N–H and O–H groups in total. The summed E-state index contributed by atoms with van der Waals surface area (Å²) < 4.78 is 1.86. The highest BCUT2D eigenvalue weighted by atomic mass is 16.1. The number of nitrogens with one attached hydrogen (secondary N) is 1. The van der Waals surface area contributed by atoms with Crippen molar-refractivity contribution in [1.29, 1.82) is 0 Å². The second kappa shape index (κ2) is 7.25. The molecule has 7 heteroatoms. The van der Waals surface area contributed by atoms with Crippen LogP contribution in [-0.2, 0) is 13.1 Å². The summed E-state index contributed by atoms with van der Waals surface area (Å²) in [6.45, 7) is 4.26. The van der Waals surface area contributed by atoms with E-state index in [0.717, 1.165) is 52.7 Å². The van der Waals surface area contributed by atoms with Gasteiger partial charge in [0.05, 0.1) is 23.9 Å². The second-order valence-corrected chi connectivity index (χ2v) is 7.39. The molecule has 0 atom stereocenters. The molecule has 0 saturated heterocycles. The number of aryl methyl sites for hydroxylation is 1. The van der Waals surface area contributed by atoms with Gasteiger partial charge in [-0.05, 0) is 48.2 Å². The molecule has 29 heavy (non-hydrogen) atoms. The molecule has 0 amide bonds. The summed E-state index contributed by atoms with van der Waals surface area (Å²) in [5, 5.41) is 7.95. The molecule has 4 aromatic heterocycles. The van der Waals surface area contributed by atoms with Crippen molar-refractivity contribution in [3.05, 3.63) is 70.4 Å². The van der Waals surface area contributed by atoms with Crippen molar-refractivity contribution < 1.29 is 0 Å². The predicted molar refractivity (Wildman–Crippen MR) is 113 cm³/mol. The molecule has 1 aliphatic rings. The van der Waals surface area contributed by atoms with Crippen molar-refractivity contribution in [3.8, 4) is 0 Å². The summed E-state index contributed by atoms with van der Waals surface area (Å²) in [6, 6.07) is 7.90. The quantitative estimate of drug-likeness (QED) is 0.583. The zero-order chi connectivity index (χ0) is 19.8. The molecule has 7 nitrogen and oxygen atoms in total. The maximum atomic E-state index is 12.9. The van der Waals surface area contributed by atoms with E-state index in [2.05, 4.69) is 37.2 Å². The van der Waals surface area contributed by atoms with Gasteiger partial charge >= 0.3 is 0 Å². The first-order chi connectivity index (χ1) is 14.2. The van der Waals surface area contributed by atoms with E-state index in [1.807, 2.05) is 35.9 Å². The van der Waals surface area contributed by atoms with Gasteiger partial charge in [0.2, 0.25) is 0 Å². The van der Waals surface area contributed by atoms with Crippen LogP contribution in [0, 0.1) is 0 Å². The molecule has 0 spiro atoms. The molecule has 0 bridgehead atoms. The number of fused-ring (bicyclic) bond motifs is 2. The number of nitrogens with zero attached hydrogens (tertiary/aromatic N) is 5. The van der Waals surface area contributed by atoms with E-state index in [0.29, 0.717) is 13.1 Å². The second-order valence-electron chi connectivity index (χ2n) is 7.39. The highest BCUT2D eigenvalue weighted by molar-refractivity contribution is 5.79. The van der Waals surface area contributed by atoms with E-state index < -0.39 is 0 Å². The summed E-state index contributed by atoms with van der Waals surface area (Å²) in [6.07, 6.45) is 9.34. The molecular formula is C22H22N6O. The van der Waals surface area contributed by atoms with Gasteiger partial charge in [-0.15, -0.1) is 0 Å². The van der Waals surface area contributed by atoms with Gasteiger partial charge in [0.15, 0.2) is 5.65 Å². The van der Waals surface area contributed by atoms with Crippen LogP contribution in [0.4, 0.5) is 0 Å². The molecule has 5 rings (SSSR count). The molecule has 0 aromatic carbocycles. The van der Waals surface area contributed by atoms with Gasteiger partial charge in [-0.1, -0.05) is 13.0 Å². The Balaban J connectivity index is 1.42. The van der Waals surface area contributed by atoms with E-state index in [1.54, 1.807) is 12.4 Å². The van der Waals surface area contributed by atoms with E-state index in [9.17, 15) is 4.79 Å². The predicted octanol–water partition coefficient (Wildman–Crippen LogP) is 2.98. The molecule has 0 fully saturated rings. The zero-order valence-corrected chi connectivity index (χ0v) is 16.3. The molecule has 0 radical (unpaired) electrons. The SMILES string of the molecule is CCc1cc2ncccc2n(CN2CC=C(c3cnc4[nH]ncc4c3)CC2)c1=O. The Morgan fingerprint density at radius 1 is 1.21 bits per heavy atom. The highest BCUT2D eigenvalue weighted by Crippen LogP contribution is 2.24. The standard InChI is InChI=1S/C22H22N6O/c1-2-15-11-19-20(4-3-7-23-19)28(22(15)29)14-27-8-5-16(6-9-27)17-10-18-13-25-26-21(18)24-12-17/h3-5,7,10-13H,2,6,8-9,14H2,1H3,(H,24,25,26). The summed E-state index contributed by atoms with van der Waals surface area (Å²) in [4.78, 5) is 24.1. The van der Waals surface area contributed by atoms with Crippen molar-refractivity contribution in [1.82, 2.24) is 29.6 Å². The maximum absolute atomic E-state index is 12.9. The van der Waals surface area contributed by atoms with E-state index >= 15 is 0 Å². The van der Waals surface area contributed by atoms with Crippen LogP contribution in [0.15, 0.2) is 53.7 Å². The fourth-order valence-electron chi connectivity index (χ4n) is 3.97. The van der Waals surface area contributed by atoms with Crippen LogP contribution < -0.4 is 5.56 Å². The summed E-state index contributed by atoms with van der Waals surface area (Å²) in [7, 11) is 0. The Hall–Kier alpha value is -3.32. The molecule has 146 valence electrons. The summed E-state index contributed by atoms with van der Waals surface area (Å²) >= 11 is 0. The van der Waals surface area contributed by atoms with Gasteiger partial charge in [-0.25, -0.2) is 4.98 Å². The van der Waals surface area contributed by atoms with Gasteiger partial charge in [0.1, 0.15) is 0 Å². The van der Waals surface area contributed by atoms with Crippen LogP contribution >= 0.6 is 0 Å². The number of hydrogen-bond donors (Lipinski definition) is 1. The van der Waals surface area contributed by atoms with Gasteiger partial charge < -0.3 is 0 Å². The third-order valence-corrected chi connectivity index (χ3v) is 5.62. The average molecular weight is 386 g/mol. The van der Waals surface area contributed by atoms with Gasteiger partial charge in [0, 0.05) is 36.4 Å². The normalized spacial score (nSPS) is 15.1. The zero-order valence-electron chi connectivity index (χ0n) is 16.3. The van der Waals surface area contributed by atoms with Crippen LogP contribution in [0.5, 0.6) is 0 Å². The number of pyridine rings is 3. The van der Waals surface area contributed by atoms with E-state index in [4.69, 9.17) is 0 Å². The van der Waals surface area contributed by atoms with Crippen molar-refractivity contribution in [2.75, 3.05) is 13.1 Å². The average Bonchev–Trinajstić information content (AvgIpc) is 3.24. The Morgan fingerprint density at radius 3 is 2.97 bits per heavy atom. The minimum Gasteiger partial charge on any atom is -0.293 e. The van der Waals surface area contributed by atoms with Gasteiger partial charge in [0.25, 0.3) is 5.56 Å². The largest absolute Gasteiger partial charge is 0.293 e. The third kappa shape index (κ3) is 3.23. The number of H-pyrrole nitrogens is 1. The van der Waals surface area contributed by atoms with Crippen LogP contribution in [-0.4, -0.2) is 42.7 Å². The first kappa shape index (κ1) is 17.8. The molecule has 0 unspecified atom stereocenters. The lowest BCUT2D eigenvalue weighted by molar-refractivity contribution is 0.241. The van der Waals surface area contributed by atoms with Gasteiger partial charge in [-0.3, -0.25) is 24.3 Å². The first-order valence-electron chi connectivity index (χ1n) is 9.91. The van der Waals surface area contributed by atoms with Crippen LogP contribution in [0.3, 0.4) is 0 Å². The number of hydrogen-bond acceptors (Lipinski definition) is 5. The van der Waals surface area contributed by atoms with Crippen molar-refractivity contribution in [3.63, 3.8) is 0 Å². The van der Waals surface area contributed by atoms with Crippen molar-refractivity contribution >= 4 is 27.6 Å². The smallest absolute Gasteiger partial charge is 0.255 e. The summed E-state index contributed by atoms with van der Waals surface area (Å²) in [5.74, 6) is 0. The van der Waals surface area contributed by atoms with Crippen molar-refractivity contribution in [2.45, 2.75) is 26.4 Å². The van der Waals surface area contributed by atoms with Crippen LogP contribution in [0.1, 0.15) is 24.5 Å². The number of aromatic amines is 1. The van der Waals surface area contributed by atoms with E-state index in [-0.39, 0.29) is 5.56 Å². The first-order valence-corrected chi connectivity index (χ1v) is 9.91. The minimum atomic E-state index is 0.0809. The lowest BCUT2D eigenvalue weighted by Crippen LogP contribution is -2.36. The lowest BCUT2D eigenvalue weighted by Gasteiger charge is -2.27. The summed E-state index contributed by atoms with van der Waals surface area (Å²) in [5.41, 5.74) is 5.89. The molecular weight excluding hydrogens is 364 g/mol. The van der Waals surface area contributed by atoms with Crippen molar-refractivity contribution in [2.24, 2.45) is 0 Å². The fourth-order valence-corrected chi connectivity index (χ4v) is 3.97. The van der Waals surface area contributed by atoms with Crippen LogP contribution in [0.2, 0.25) is 0 Å². The molecule has 5 heterocycles. The third-order valence-electron chi connectivity index (χ3n) is 5.62. The molecule has 0 aliphatic carbocycles. The molecule has 0 saturated carbocycles. The Morgan fingerprint density at radius 2 is 2.14 bits per heavy atom. The number of rotatable bonds is 4. The van der Waals surface area contributed by atoms with Gasteiger partial charge in [-0.2, -0.15) is 5.10 Å². The topological polar surface area (TPSA) is 79.7 Å². The monoisotopic (exact) mass is 386 g/mol. The minimum absolute atomic E-state index is 0.0809. The Labute approximate surface area is 167 Å². The fraction of sp³-hybridized carbons (Fsp3) is 0.273. The number of aromatic nitrogens is 5. The highest BCUT2D eigenvalue weighted by Gasteiger charge is 2.17. The van der Waals surface area contributed by atoms with Crippen LogP contribution in [0.25, 0.3) is 27.6 Å². The van der Waals surface area contributed by atoms with E-state index in [1.165, 1.54) is 5.57 Å².